The van der Waals surface area contributed by atoms with Gasteiger partial charge in [0.1, 0.15) is 17.2 Å². The van der Waals surface area contributed by atoms with Crippen molar-refractivity contribution < 1.29 is 4.39 Å². The van der Waals surface area contributed by atoms with Crippen molar-refractivity contribution in [2.75, 3.05) is 18.0 Å². The molecule has 0 N–H and O–H groups in total. The fourth-order valence-corrected chi connectivity index (χ4v) is 2.41. The Morgan fingerprint density at radius 1 is 1.18 bits per heavy atom. The van der Waals surface area contributed by atoms with Crippen LogP contribution in [0.3, 0.4) is 0 Å². The van der Waals surface area contributed by atoms with Crippen molar-refractivity contribution in [1.29, 1.82) is 0 Å². The molecule has 1 aromatic heterocycles. The van der Waals surface area contributed by atoms with Crippen molar-refractivity contribution in [3.8, 4) is 0 Å². The predicted octanol–water partition coefficient (Wildman–Crippen LogP) is 3.02. The number of fused-ring (bicyclic) bond motifs is 1. The highest BCUT2D eigenvalue weighted by atomic mass is 35.5. The van der Waals surface area contributed by atoms with Crippen molar-refractivity contribution in [3.05, 3.63) is 29.3 Å². The molecule has 0 bridgehead atoms. The number of para-hydroxylation sites is 1. The fraction of sp³-hybridized carbons (Fsp3) is 0.333. The van der Waals surface area contributed by atoms with Crippen molar-refractivity contribution in [2.24, 2.45) is 0 Å². The van der Waals surface area contributed by atoms with Gasteiger partial charge in [-0.2, -0.15) is 4.98 Å². The van der Waals surface area contributed by atoms with Gasteiger partial charge in [-0.3, -0.25) is 0 Å². The van der Waals surface area contributed by atoms with Crippen molar-refractivity contribution in [1.82, 2.24) is 9.97 Å². The van der Waals surface area contributed by atoms with Crippen LogP contribution < -0.4 is 4.90 Å². The van der Waals surface area contributed by atoms with Crippen molar-refractivity contribution >= 4 is 28.3 Å². The smallest absolute Gasteiger partial charge is 0.225 e. The summed E-state index contributed by atoms with van der Waals surface area (Å²) < 4.78 is 13.7. The van der Waals surface area contributed by atoms with Gasteiger partial charge in [0.2, 0.25) is 5.28 Å². The molecular formula is C12H11ClFN3. The summed E-state index contributed by atoms with van der Waals surface area (Å²) in [6.07, 6.45) is 2.27. The third-order valence-corrected chi connectivity index (χ3v) is 3.20. The Balaban J connectivity index is 2.25. The predicted molar refractivity (Wildman–Crippen MR) is 66.0 cm³/mol. The molecule has 0 saturated carbocycles. The lowest BCUT2D eigenvalue weighted by Crippen LogP contribution is -2.19. The van der Waals surface area contributed by atoms with Gasteiger partial charge >= 0.3 is 0 Å². The first-order valence-electron chi connectivity index (χ1n) is 5.62. The second-order valence-corrected chi connectivity index (χ2v) is 4.48. The average Bonchev–Trinajstić information content (AvgIpc) is 2.83. The van der Waals surface area contributed by atoms with E-state index >= 15 is 0 Å². The van der Waals surface area contributed by atoms with E-state index in [0.29, 0.717) is 5.52 Å². The first kappa shape index (κ1) is 10.7. The molecule has 0 unspecified atom stereocenters. The van der Waals surface area contributed by atoms with Crippen molar-refractivity contribution in [2.45, 2.75) is 12.8 Å². The first-order valence-corrected chi connectivity index (χ1v) is 6.00. The van der Waals surface area contributed by atoms with Crippen LogP contribution in [0.1, 0.15) is 12.8 Å². The topological polar surface area (TPSA) is 29.0 Å². The maximum atomic E-state index is 13.7. The highest BCUT2D eigenvalue weighted by Crippen LogP contribution is 2.29. The molecule has 2 heterocycles. The second-order valence-electron chi connectivity index (χ2n) is 4.15. The normalized spacial score (nSPS) is 15.8. The van der Waals surface area contributed by atoms with E-state index in [1.54, 1.807) is 6.07 Å². The molecule has 2 aromatic rings. The molecule has 5 heteroatoms. The van der Waals surface area contributed by atoms with Crippen LogP contribution in [-0.4, -0.2) is 23.1 Å². The zero-order valence-corrected chi connectivity index (χ0v) is 9.91. The molecule has 0 aliphatic carbocycles. The molecule has 3 nitrogen and oxygen atoms in total. The fourth-order valence-electron chi connectivity index (χ4n) is 2.24. The van der Waals surface area contributed by atoms with E-state index < -0.39 is 0 Å². The van der Waals surface area contributed by atoms with Crippen LogP contribution in [0.5, 0.6) is 0 Å². The van der Waals surface area contributed by atoms with Crippen LogP contribution in [0.4, 0.5) is 10.2 Å². The maximum absolute atomic E-state index is 13.7. The Morgan fingerprint density at radius 2 is 1.94 bits per heavy atom. The second kappa shape index (κ2) is 4.11. The SMILES string of the molecule is Fc1cccc2c(N3CCCC3)nc(Cl)nc12. The molecule has 3 rings (SSSR count). The Morgan fingerprint density at radius 3 is 2.71 bits per heavy atom. The molecule has 0 atom stereocenters. The molecule has 1 aromatic carbocycles. The van der Waals surface area contributed by atoms with E-state index in [-0.39, 0.29) is 11.1 Å². The minimum atomic E-state index is -0.354. The van der Waals surface area contributed by atoms with Gasteiger partial charge in [0, 0.05) is 18.5 Å². The molecule has 17 heavy (non-hydrogen) atoms. The molecule has 1 aliphatic heterocycles. The third-order valence-electron chi connectivity index (χ3n) is 3.04. The number of halogens is 2. The molecule has 0 radical (unpaired) electrons. The van der Waals surface area contributed by atoms with Gasteiger partial charge in [0.15, 0.2) is 0 Å². The van der Waals surface area contributed by atoms with Gasteiger partial charge in [0.25, 0.3) is 0 Å². The van der Waals surface area contributed by atoms with Crippen molar-refractivity contribution in [3.63, 3.8) is 0 Å². The van der Waals surface area contributed by atoms with E-state index in [1.165, 1.54) is 6.07 Å². The molecule has 0 amide bonds. The van der Waals surface area contributed by atoms with Crippen LogP contribution in [-0.2, 0) is 0 Å². The molecule has 1 aliphatic rings. The zero-order chi connectivity index (χ0) is 11.8. The van der Waals surface area contributed by atoms with Gasteiger partial charge in [-0.1, -0.05) is 6.07 Å². The van der Waals surface area contributed by atoms with E-state index in [9.17, 15) is 4.39 Å². The summed E-state index contributed by atoms with van der Waals surface area (Å²) in [5.74, 6) is 0.393. The van der Waals surface area contributed by atoms with Crippen LogP contribution in [0.2, 0.25) is 5.28 Å². The third kappa shape index (κ3) is 1.82. The molecule has 1 saturated heterocycles. The Bertz CT molecular complexity index is 567. The number of aromatic nitrogens is 2. The molecular weight excluding hydrogens is 241 g/mol. The minimum Gasteiger partial charge on any atom is -0.356 e. The van der Waals surface area contributed by atoms with Gasteiger partial charge < -0.3 is 4.90 Å². The number of hydrogen-bond acceptors (Lipinski definition) is 3. The average molecular weight is 252 g/mol. The van der Waals surface area contributed by atoms with Gasteiger partial charge in [0.05, 0.1) is 0 Å². The lowest BCUT2D eigenvalue weighted by molar-refractivity contribution is 0.636. The summed E-state index contributed by atoms with van der Waals surface area (Å²) in [5.41, 5.74) is 0.300. The molecule has 1 fully saturated rings. The Labute approximate surface area is 103 Å². The number of rotatable bonds is 1. The lowest BCUT2D eigenvalue weighted by atomic mass is 10.2. The maximum Gasteiger partial charge on any atom is 0.225 e. The quantitative estimate of drug-likeness (QED) is 0.730. The summed E-state index contributed by atoms with van der Waals surface area (Å²) in [7, 11) is 0. The minimum absolute atomic E-state index is 0.101. The van der Waals surface area contributed by atoms with Crippen LogP contribution in [0, 0.1) is 5.82 Å². The van der Waals surface area contributed by atoms with E-state index in [2.05, 4.69) is 14.9 Å². The molecule has 0 spiro atoms. The highest BCUT2D eigenvalue weighted by molar-refractivity contribution is 6.28. The summed E-state index contributed by atoms with van der Waals surface area (Å²) in [6, 6.07) is 4.90. The van der Waals surface area contributed by atoms with Gasteiger partial charge in [-0.15, -0.1) is 0 Å². The van der Waals surface area contributed by atoms with Gasteiger partial charge in [-0.05, 0) is 36.6 Å². The monoisotopic (exact) mass is 251 g/mol. The van der Waals surface area contributed by atoms with Crippen LogP contribution in [0.15, 0.2) is 18.2 Å². The van der Waals surface area contributed by atoms with E-state index in [0.717, 1.165) is 37.1 Å². The number of benzene rings is 1. The Kier molecular flexibility index (Phi) is 2.59. The highest BCUT2D eigenvalue weighted by Gasteiger charge is 2.18. The number of nitrogens with zero attached hydrogens (tertiary/aromatic N) is 3. The van der Waals surface area contributed by atoms with Gasteiger partial charge in [-0.25, -0.2) is 9.37 Å². The largest absolute Gasteiger partial charge is 0.356 e. The Hall–Kier alpha value is -1.42. The van der Waals surface area contributed by atoms with E-state index in [1.807, 2.05) is 6.07 Å². The van der Waals surface area contributed by atoms with E-state index in [4.69, 9.17) is 11.6 Å². The number of anilines is 1. The lowest BCUT2D eigenvalue weighted by Gasteiger charge is -2.18. The summed E-state index contributed by atoms with van der Waals surface area (Å²) in [5, 5.41) is 0.834. The summed E-state index contributed by atoms with van der Waals surface area (Å²) in [6.45, 7) is 1.89. The van der Waals surface area contributed by atoms with Crippen LogP contribution in [0.25, 0.3) is 10.9 Å². The van der Waals surface area contributed by atoms with Crippen LogP contribution >= 0.6 is 11.6 Å². The summed E-state index contributed by atoms with van der Waals surface area (Å²) >= 11 is 5.86. The summed E-state index contributed by atoms with van der Waals surface area (Å²) in [4.78, 5) is 10.3. The standard InChI is InChI=1S/C12H11ClFN3/c13-12-15-10-8(4-3-5-9(10)14)11(16-12)17-6-1-2-7-17/h3-5H,1-2,6-7H2. The first-order chi connectivity index (χ1) is 8.25. The molecule has 88 valence electrons. The zero-order valence-electron chi connectivity index (χ0n) is 9.16. The number of hydrogen-bond donors (Lipinski definition) is 0.